The number of benzene rings is 2. The molecule has 0 aliphatic carbocycles. The van der Waals surface area contributed by atoms with Gasteiger partial charge in [-0.1, -0.05) is 45.8 Å². The summed E-state index contributed by atoms with van der Waals surface area (Å²) in [6, 6.07) is 12.3. The van der Waals surface area contributed by atoms with Gasteiger partial charge in [0.25, 0.3) is 0 Å². The number of nitrogens with zero attached hydrogens (tertiary/aromatic N) is 1. The summed E-state index contributed by atoms with van der Waals surface area (Å²) in [6.07, 6.45) is 3.71. The quantitative estimate of drug-likeness (QED) is 0.422. The fraction of sp³-hybridized carbons (Fsp3) is 0.300. The average Bonchev–Trinajstić information content (AvgIpc) is 2.67. The van der Waals surface area contributed by atoms with Crippen molar-refractivity contribution in [2.75, 3.05) is 26.1 Å². The molecule has 7 heteroatoms. The lowest BCUT2D eigenvalue weighted by molar-refractivity contribution is 0.389. The van der Waals surface area contributed by atoms with Gasteiger partial charge in [0.1, 0.15) is 11.5 Å². The molecule has 2 aromatic carbocycles. The molecule has 0 aliphatic heterocycles. The van der Waals surface area contributed by atoms with Crippen LogP contribution in [0.25, 0.3) is 0 Å². The van der Waals surface area contributed by atoms with E-state index in [0.29, 0.717) is 16.8 Å². The Balaban J connectivity index is 2.39. The number of allylic oxidation sites excluding steroid dienone is 1. The van der Waals surface area contributed by atoms with Crippen LogP contribution in [0.1, 0.15) is 11.1 Å². The molecule has 0 saturated heterocycles. The maximum atomic E-state index is 13.2. The van der Waals surface area contributed by atoms with Crippen LogP contribution >= 0.6 is 15.9 Å². The highest BCUT2D eigenvalue weighted by Gasteiger charge is 2.24. The normalized spacial score (nSPS) is 11.9. The highest BCUT2D eigenvalue weighted by Crippen LogP contribution is 2.25. The monoisotopic (exact) mass is 453 g/mol. The largest absolute Gasteiger partial charge is 0.497 e. The number of halogens is 1. The molecule has 0 atom stereocenters. The highest BCUT2D eigenvalue weighted by molar-refractivity contribution is 9.09. The van der Waals surface area contributed by atoms with Crippen LogP contribution in [-0.2, 0) is 16.6 Å². The summed E-state index contributed by atoms with van der Waals surface area (Å²) in [7, 11) is -0.515. The summed E-state index contributed by atoms with van der Waals surface area (Å²) in [5.74, 6) is 1.24. The van der Waals surface area contributed by atoms with E-state index < -0.39 is 10.0 Å². The fourth-order valence-electron chi connectivity index (χ4n) is 2.52. The predicted molar refractivity (Wildman–Crippen MR) is 111 cm³/mol. The molecule has 0 fully saturated rings. The van der Waals surface area contributed by atoms with Gasteiger partial charge in [-0.2, -0.15) is 4.31 Å². The van der Waals surface area contributed by atoms with E-state index in [0.717, 1.165) is 11.1 Å². The summed E-state index contributed by atoms with van der Waals surface area (Å²) >= 11 is 3.32. The third-order valence-corrected chi connectivity index (χ3v) is 6.19. The summed E-state index contributed by atoms with van der Waals surface area (Å²) in [5, 5.41) is 0.665. The summed E-state index contributed by atoms with van der Waals surface area (Å²) in [6.45, 7) is 2.40. The van der Waals surface area contributed by atoms with E-state index in [-0.39, 0.29) is 18.0 Å². The van der Waals surface area contributed by atoms with E-state index in [2.05, 4.69) is 15.9 Å². The van der Waals surface area contributed by atoms with Gasteiger partial charge in [0, 0.05) is 24.5 Å². The molecule has 2 aromatic rings. The van der Waals surface area contributed by atoms with E-state index in [1.807, 2.05) is 31.2 Å². The van der Waals surface area contributed by atoms with Crippen LogP contribution in [0.2, 0.25) is 0 Å². The number of ether oxygens (including phenoxy) is 2. The topological polar surface area (TPSA) is 55.8 Å². The molecular formula is C20H24BrNO4S. The van der Waals surface area contributed by atoms with Crippen LogP contribution in [0, 0.1) is 6.92 Å². The number of hydrogen-bond donors (Lipinski definition) is 0. The molecule has 0 amide bonds. The second-order valence-electron chi connectivity index (χ2n) is 5.96. The van der Waals surface area contributed by atoms with Crippen LogP contribution in [0.15, 0.2) is 59.5 Å². The molecule has 5 nitrogen and oxygen atoms in total. The van der Waals surface area contributed by atoms with Crippen molar-refractivity contribution in [3.63, 3.8) is 0 Å². The molecular weight excluding hydrogens is 430 g/mol. The second kappa shape index (κ2) is 9.92. The molecule has 0 heterocycles. The van der Waals surface area contributed by atoms with E-state index in [9.17, 15) is 8.42 Å². The first kappa shape index (κ1) is 21.5. The van der Waals surface area contributed by atoms with E-state index in [4.69, 9.17) is 9.47 Å². The zero-order chi connectivity index (χ0) is 19.9. The lowest BCUT2D eigenvalue weighted by Gasteiger charge is -2.22. The van der Waals surface area contributed by atoms with Gasteiger partial charge < -0.3 is 9.47 Å². The third kappa shape index (κ3) is 5.82. The van der Waals surface area contributed by atoms with Crippen molar-refractivity contribution in [3.05, 3.63) is 65.7 Å². The van der Waals surface area contributed by atoms with Gasteiger partial charge >= 0.3 is 0 Å². The standard InChI is InChI=1S/C20H24BrNO4S/c1-16-6-8-20(9-7-16)27(23,24)22(11-5-4-10-21)15-17-12-18(25-2)14-19(13-17)26-3/h4-9,12-14H,10-11,15H2,1-3H3/b5-4+. The first-order valence-electron chi connectivity index (χ1n) is 8.40. The smallest absolute Gasteiger partial charge is 0.243 e. The van der Waals surface area contributed by atoms with Crippen molar-refractivity contribution in [2.45, 2.75) is 18.4 Å². The molecule has 0 bridgehead atoms. The average molecular weight is 454 g/mol. The van der Waals surface area contributed by atoms with E-state index >= 15 is 0 Å². The Morgan fingerprint density at radius 2 is 1.59 bits per heavy atom. The van der Waals surface area contributed by atoms with Crippen LogP contribution in [0.4, 0.5) is 0 Å². The van der Waals surface area contributed by atoms with Crippen molar-refractivity contribution in [2.24, 2.45) is 0 Å². The molecule has 2 rings (SSSR count). The zero-order valence-electron chi connectivity index (χ0n) is 15.7. The van der Waals surface area contributed by atoms with Gasteiger partial charge in [-0.25, -0.2) is 8.42 Å². The molecule has 0 spiro atoms. The SMILES string of the molecule is COc1cc(CN(C/C=C/CBr)S(=O)(=O)c2ccc(C)cc2)cc(OC)c1. The van der Waals surface area contributed by atoms with Crippen molar-refractivity contribution < 1.29 is 17.9 Å². The van der Waals surface area contributed by atoms with Gasteiger partial charge in [0.2, 0.25) is 10.0 Å². The Kier molecular flexibility index (Phi) is 7.89. The Bertz CT molecular complexity index is 857. The fourth-order valence-corrected chi connectivity index (χ4v) is 4.17. The van der Waals surface area contributed by atoms with Crippen molar-refractivity contribution in [3.8, 4) is 11.5 Å². The molecule has 0 aromatic heterocycles. The zero-order valence-corrected chi connectivity index (χ0v) is 18.1. The minimum absolute atomic E-state index is 0.205. The van der Waals surface area contributed by atoms with E-state index in [1.54, 1.807) is 44.6 Å². The van der Waals surface area contributed by atoms with Gasteiger partial charge in [-0.05, 0) is 36.8 Å². The maximum Gasteiger partial charge on any atom is 0.243 e. The summed E-state index contributed by atoms with van der Waals surface area (Å²) in [5.41, 5.74) is 1.80. The maximum absolute atomic E-state index is 13.2. The van der Waals surface area contributed by atoms with Crippen molar-refractivity contribution >= 4 is 26.0 Å². The van der Waals surface area contributed by atoms with Gasteiger partial charge in [0.05, 0.1) is 19.1 Å². The number of aryl methyl sites for hydroxylation is 1. The van der Waals surface area contributed by atoms with Gasteiger partial charge in [-0.3, -0.25) is 0 Å². The van der Waals surface area contributed by atoms with Gasteiger partial charge in [-0.15, -0.1) is 0 Å². The lowest BCUT2D eigenvalue weighted by Crippen LogP contribution is -2.31. The molecule has 0 saturated carbocycles. The molecule has 0 unspecified atom stereocenters. The van der Waals surface area contributed by atoms with Crippen molar-refractivity contribution in [1.82, 2.24) is 4.31 Å². The number of sulfonamides is 1. The Labute approximate surface area is 169 Å². The van der Waals surface area contributed by atoms with Crippen molar-refractivity contribution in [1.29, 1.82) is 0 Å². The minimum atomic E-state index is -3.65. The molecule has 27 heavy (non-hydrogen) atoms. The van der Waals surface area contributed by atoms with Crippen LogP contribution in [0.5, 0.6) is 11.5 Å². The molecule has 0 radical (unpaired) electrons. The lowest BCUT2D eigenvalue weighted by atomic mass is 10.2. The van der Waals surface area contributed by atoms with Crippen LogP contribution in [0.3, 0.4) is 0 Å². The molecule has 0 aliphatic rings. The number of alkyl halides is 1. The molecule has 0 N–H and O–H groups in total. The Morgan fingerprint density at radius 1 is 1.00 bits per heavy atom. The number of hydrogen-bond acceptors (Lipinski definition) is 4. The second-order valence-corrected chi connectivity index (χ2v) is 8.54. The van der Waals surface area contributed by atoms with E-state index in [1.165, 1.54) is 4.31 Å². The van der Waals surface area contributed by atoms with Crippen LogP contribution in [-0.4, -0.2) is 38.8 Å². The summed E-state index contributed by atoms with van der Waals surface area (Å²) in [4.78, 5) is 0.273. The molecule has 146 valence electrons. The third-order valence-electron chi connectivity index (χ3n) is 3.99. The Morgan fingerprint density at radius 3 is 2.11 bits per heavy atom. The summed E-state index contributed by atoms with van der Waals surface area (Å²) < 4.78 is 38.4. The number of methoxy groups -OCH3 is 2. The first-order valence-corrected chi connectivity index (χ1v) is 11.0. The predicted octanol–water partition coefficient (Wildman–Crippen LogP) is 4.15. The first-order chi connectivity index (χ1) is 12.9. The highest BCUT2D eigenvalue weighted by atomic mass is 79.9. The minimum Gasteiger partial charge on any atom is -0.497 e. The Hall–Kier alpha value is -1.83. The number of rotatable bonds is 9. The van der Waals surface area contributed by atoms with Gasteiger partial charge in [0.15, 0.2) is 0 Å². The van der Waals surface area contributed by atoms with Crippen LogP contribution < -0.4 is 9.47 Å².